The molecule has 5 heteroatoms. The third kappa shape index (κ3) is 1.69. The summed E-state index contributed by atoms with van der Waals surface area (Å²) in [6.07, 6.45) is 0. The maximum atomic E-state index is 13.0. The minimum atomic E-state index is -1.31. The van der Waals surface area contributed by atoms with Crippen molar-refractivity contribution in [1.29, 1.82) is 0 Å². The van der Waals surface area contributed by atoms with Gasteiger partial charge in [-0.15, -0.1) is 0 Å². The van der Waals surface area contributed by atoms with Crippen molar-refractivity contribution in [2.75, 3.05) is 0 Å². The molecule has 0 radical (unpaired) electrons. The van der Waals surface area contributed by atoms with Gasteiger partial charge < -0.3 is 5.11 Å². The second-order valence-electron chi connectivity index (χ2n) is 2.02. The molecule has 0 aliphatic carbocycles. The van der Waals surface area contributed by atoms with Gasteiger partial charge >= 0.3 is 5.97 Å². The standard InChI is InChI=1S/C7H3ClFIO2/c8-3-1-2-4(10)5(6(3)9)7(11)12/h1-2H,(H,11,12). The van der Waals surface area contributed by atoms with Crippen LogP contribution in [-0.2, 0) is 0 Å². The molecule has 0 spiro atoms. The van der Waals surface area contributed by atoms with E-state index in [1.807, 2.05) is 0 Å². The predicted octanol–water partition coefficient (Wildman–Crippen LogP) is 2.78. The fraction of sp³-hybridized carbons (Fsp3) is 0. The average Bonchev–Trinajstić information content (AvgIpc) is 1.97. The zero-order valence-corrected chi connectivity index (χ0v) is 8.56. The van der Waals surface area contributed by atoms with Crippen LogP contribution in [0.1, 0.15) is 10.4 Å². The SMILES string of the molecule is O=C(O)c1c(I)ccc(Cl)c1F. The Bertz CT molecular complexity index is 340. The van der Waals surface area contributed by atoms with Crippen LogP contribution in [0.3, 0.4) is 0 Å². The largest absolute Gasteiger partial charge is 0.478 e. The number of carboxylic acids is 1. The van der Waals surface area contributed by atoms with Crippen molar-refractivity contribution < 1.29 is 14.3 Å². The maximum Gasteiger partial charge on any atom is 0.339 e. The lowest BCUT2D eigenvalue weighted by Gasteiger charge is -2.01. The van der Waals surface area contributed by atoms with E-state index in [0.717, 1.165) is 0 Å². The monoisotopic (exact) mass is 300 g/mol. The van der Waals surface area contributed by atoms with Crippen molar-refractivity contribution in [3.05, 3.63) is 32.1 Å². The van der Waals surface area contributed by atoms with Gasteiger partial charge in [-0.05, 0) is 34.7 Å². The van der Waals surface area contributed by atoms with E-state index in [1.54, 1.807) is 22.6 Å². The lowest BCUT2D eigenvalue weighted by molar-refractivity contribution is 0.0690. The Kier molecular flexibility index (Phi) is 2.89. The molecule has 0 bridgehead atoms. The van der Waals surface area contributed by atoms with Gasteiger partial charge in [0, 0.05) is 3.57 Å². The van der Waals surface area contributed by atoms with E-state index in [9.17, 15) is 9.18 Å². The molecule has 0 atom stereocenters. The molecule has 1 aromatic carbocycles. The predicted molar refractivity (Wildman–Crippen MR) is 51.1 cm³/mol. The first kappa shape index (κ1) is 9.73. The number of halogens is 3. The summed E-state index contributed by atoms with van der Waals surface area (Å²) in [7, 11) is 0. The van der Waals surface area contributed by atoms with Gasteiger partial charge in [-0.1, -0.05) is 11.6 Å². The third-order valence-electron chi connectivity index (χ3n) is 1.26. The zero-order chi connectivity index (χ0) is 9.30. The number of hydrogen-bond acceptors (Lipinski definition) is 1. The quantitative estimate of drug-likeness (QED) is 0.639. The van der Waals surface area contributed by atoms with Crippen molar-refractivity contribution >= 4 is 40.2 Å². The van der Waals surface area contributed by atoms with Gasteiger partial charge in [-0.25, -0.2) is 9.18 Å². The third-order valence-corrected chi connectivity index (χ3v) is 2.45. The smallest absolute Gasteiger partial charge is 0.339 e. The lowest BCUT2D eigenvalue weighted by Crippen LogP contribution is -2.03. The van der Waals surface area contributed by atoms with Crippen LogP contribution in [0.4, 0.5) is 4.39 Å². The molecule has 0 heterocycles. The molecule has 12 heavy (non-hydrogen) atoms. The molecule has 0 aromatic heterocycles. The number of carboxylic acid groups (broad SMARTS) is 1. The fourth-order valence-corrected chi connectivity index (χ4v) is 1.53. The van der Waals surface area contributed by atoms with Crippen molar-refractivity contribution in [2.24, 2.45) is 0 Å². The Labute approximate surface area is 86.5 Å². The average molecular weight is 300 g/mol. The minimum absolute atomic E-state index is 0.173. The van der Waals surface area contributed by atoms with Gasteiger partial charge in [-0.2, -0.15) is 0 Å². The van der Waals surface area contributed by atoms with Crippen LogP contribution < -0.4 is 0 Å². The Morgan fingerprint density at radius 1 is 1.58 bits per heavy atom. The maximum absolute atomic E-state index is 13.0. The zero-order valence-electron chi connectivity index (χ0n) is 5.64. The molecule has 1 N–H and O–H groups in total. The van der Waals surface area contributed by atoms with Gasteiger partial charge in [0.05, 0.1) is 5.02 Å². The van der Waals surface area contributed by atoms with Crippen LogP contribution in [0.5, 0.6) is 0 Å². The van der Waals surface area contributed by atoms with E-state index < -0.39 is 11.8 Å². The van der Waals surface area contributed by atoms with Crippen molar-refractivity contribution in [1.82, 2.24) is 0 Å². The van der Waals surface area contributed by atoms with Crippen LogP contribution in [0.25, 0.3) is 0 Å². The summed E-state index contributed by atoms with van der Waals surface area (Å²) >= 11 is 7.13. The number of benzene rings is 1. The summed E-state index contributed by atoms with van der Waals surface area (Å²) in [6, 6.07) is 2.78. The van der Waals surface area contributed by atoms with Crippen LogP contribution in [0.15, 0.2) is 12.1 Å². The van der Waals surface area contributed by atoms with Crippen LogP contribution in [0.2, 0.25) is 5.02 Å². The van der Waals surface area contributed by atoms with Crippen molar-refractivity contribution in [3.63, 3.8) is 0 Å². The van der Waals surface area contributed by atoms with Gasteiger partial charge in [0.15, 0.2) is 5.82 Å². The molecule has 2 nitrogen and oxygen atoms in total. The molecule has 0 fully saturated rings. The van der Waals surface area contributed by atoms with Crippen LogP contribution in [0, 0.1) is 9.39 Å². The molecule has 0 saturated heterocycles. The van der Waals surface area contributed by atoms with E-state index in [1.165, 1.54) is 12.1 Å². The summed E-state index contributed by atoms with van der Waals surface area (Å²) in [5, 5.41) is 8.39. The summed E-state index contributed by atoms with van der Waals surface area (Å²) in [6.45, 7) is 0. The fourth-order valence-electron chi connectivity index (χ4n) is 0.723. The van der Waals surface area contributed by atoms with Crippen molar-refractivity contribution in [2.45, 2.75) is 0 Å². The molecule has 0 unspecified atom stereocenters. The second kappa shape index (κ2) is 3.57. The van der Waals surface area contributed by atoms with E-state index in [-0.39, 0.29) is 10.6 Å². The van der Waals surface area contributed by atoms with E-state index in [0.29, 0.717) is 3.57 Å². The normalized spacial score (nSPS) is 9.92. The number of carbonyl (C=O) groups is 1. The van der Waals surface area contributed by atoms with Gasteiger partial charge in [0.1, 0.15) is 5.56 Å². The summed E-state index contributed by atoms with van der Waals surface area (Å²) in [5.41, 5.74) is -0.372. The molecule has 1 rings (SSSR count). The summed E-state index contributed by atoms with van der Waals surface area (Å²) in [5.74, 6) is -2.18. The highest BCUT2D eigenvalue weighted by atomic mass is 127. The number of rotatable bonds is 1. The molecular formula is C7H3ClFIO2. The highest BCUT2D eigenvalue weighted by Crippen LogP contribution is 2.22. The van der Waals surface area contributed by atoms with Gasteiger partial charge in [0.2, 0.25) is 0 Å². The Balaban J connectivity index is 3.43. The second-order valence-corrected chi connectivity index (χ2v) is 3.59. The molecule has 1 aromatic rings. The van der Waals surface area contributed by atoms with E-state index in [2.05, 4.69) is 0 Å². The van der Waals surface area contributed by atoms with Gasteiger partial charge in [-0.3, -0.25) is 0 Å². The first-order chi connectivity index (χ1) is 5.54. The van der Waals surface area contributed by atoms with Crippen molar-refractivity contribution in [3.8, 4) is 0 Å². The first-order valence-electron chi connectivity index (χ1n) is 2.91. The molecular weight excluding hydrogens is 297 g/mol. The topological polar surface area (TPSA) is 37.3 Å². The Hall–Kier alpha value is -0.360. The van der Waals surface area contributed by atoms with E-state index >= 15 is 0 Å². The highest BCUT2D eigenvalue weighted by molar-refractivity contribution is 14.1. The molecule has 0 aliphatic heterocycles. The van der Waals surface area contributed by atoms with E-state index in [4.69, 9.17) is 16.7 Å². The Morgan fingerprint density at radius 3 is 2.58 bits per heavy atom. The molecule has 0 amide bonds. The van der Waals surface area contributed by atoms with Crippen LogP contribution in [-0.4, -0.2) is 11.1 Å². The van der Waals surface area contributed by atoms with Gasteiger partial charge in [0.25, 0.3) is 0 Å². The summed E-state index contributed by atoms with van der Waals surface area (Å²) < 4.78 is 13.3. The van der Waals surface area contributed by atoms with Crippen LogP contribution >= 0.6 is 34.2 Å². The molecule has 0 aliphatic rings. The molecule has 64 valence electrons. The Morgan fingerprint density at radius 2 is 2.17 bits per heavy atom. The highest BCUT2D eigenvalue weighted by Gasteiger charge is 2.16. The molecule has 0 saturated carbocycles. The number of hydrogen-bond donors (Lipinski definition) is 1. The minimum Gasteiger partial charge on any atom is -0.478 e. The lowest BCUT2D eigenvalue weighted by atomic mass is 10.2. The number of aromatic carboxylic acids is 1. The summed E-state index contributed by atoms with van der Waals surface area (Å²) in [4.78, 5) is 10.5. The first-order valence-corrected chi connectivity index (χ1v) is 4.36.